The van der Waals surface area contributed by atoms with Crippen LogP contribution < -0.4 is 9.64 Å². The van der Waals surface area contributed by atoms with Gasteiger partial charge in [-0.1, -0.05) is 13.5 Å². The lowest BCUT2D eigenvalue weighted by atomic mass is 10.1. The summed E-state index contributed by atoms with van der Waals surface area (Å²) in [5.74, 6) is 1.20. The molecule has 7 heteroatoms. The third-order valence-electron chi connectivity index (χ3n) is 3.77. The Bertz CT molecular complexity index is 715. The number of nitrogens with zero attached hydrogens (tertiary/aromatic N) is 4. The SMILES string of the molecule is C=C(C(C)CS(C)=O)N(CC)c1cn(-c2cccnc2)nc1OC. The summed E-state index contributed by atoms with van der Waals surface area (Å²) in [7, 11) is 0.727. The van der Waals surface area contributed by atoms with Gasteiger partial charge in [-0.05, 0) is 19.1 Å². The molecule has 2 aromatic heterocycles. The van der Waals surface area contributed by atoms with Gasteiger partial charge in [0.2, 0.25) is 0 Å². The Balaban J connectivity index is 2.36. The number of allylic oxidation sites excluding steroid dienone is 1. The van der Waals surface area contributed by atoms with Gasteiger partial charge in [0.05, 0.1) is 25.2 Å². The van der Waals surface area contributed by atoms with E-state index in [1.165, 1.54) is 0 Å². The number of aromatic nitrogens is 3. The summed E-state index contributed by atoms with van der Waals surface area (Å²) >= 11 is 0. The molecule has 24 heavy (non-hydrogen) atoms. The molecule has 0 aliphatic heterocycles. The Hall–Kier alpha value is -2.15. The van der Waals surface area contributed by atoms with Gasteiger partial charge in [0.1, 0.15) is 5.69 Å². The Labute approximate surface area is 145 Å². The van der Waals surface area contributed by atoms with Crippen molar-refractivity contribution in [1.29, 1.82) is 0 Å². The zero-order chi connectivity index (χ0) is 17.7. The van der Waals surface area contributed by atoms with E-state index in [9.17, 15) is 4.21 Å². The molecule has 0 N–H and O–H groups in total. The summed E-state index contributed by atoms with van der Waals surface area (Å²) in [5, 5.41) is 4.48. The van der Waals surface area contributed by atoms with Crippen LogP contribution in [0.4, 0.5) is 5.69 Å². The number of hydrogen-bond acceptors (Lipinski definition) is 5. The normalized spacial score (nSPS) is 13.3. The van der Waals surface area contributed by atoms with Crippen molar-refractivity contribution in [3.8, 4) is 11.6 Å². The summed E-state index contributed by atoms with van der Waals surface area (Å²) in [6, 6.07) is 3.79. The van der Waals surface area contributed by atoms with Gasteiger partial charge < -0.3 is 9.64 Å². The van der Waals surface area contributed by atoms with E-state index in [-0.39, 0.29) is 5.92 Å². The van der Waals surface area contributed by atoms with Gasteiger partial charge in [-0.15, -0.1) is 5.10 Å². The highest BCUT2D eigenvalue weighted by Gasteiger charge is 2.22. The smallest absolute Gasteiger partial charge is 0.257 e. The lowest BCUT2D eigenvalue weighted by Crippen LogP contribution is -2.27. The molecule has 2 aromatic rings. The van der Waals surface area contributed by atoms with Gasteiger partial charge in [-0.3, -0.25) is 9.19 Å². The molecular weight excluding hydrogens is 324 g/mol. The number of hydrogen-bond donors (Lipinski definition) is 0. The quantitative estimate of drug-likeness (QED) is 0.734. The predicted octanol–water partition coefficient (Wildman–Crippen LogP) is 2.63. The second-order valence-corrected chi connectivity index (χ2v) is 7.04. The number of pyridine rings is 1. The minimum absolute atomic E-state index is 0.0993. The van der Waals surface area contributed by atoms with Gasteiger partial charge in [0, 0.05) is 47.2 Å². The molecule has 0 aliphatic rings. The van der Waals surface area contributed by atoms with E-state index in [2.05, 4.69) is 21.6 Å². The lowest BCUT2D eigenvalue weighted by molar-refractivity contribution is 0.394. The van der Waals surface area contributed by atoms with Crippen LogP contribution in [0.1, 0.15) is 13.8 Å². The minimum atomic E-state index is -0.871. The average molecular weight is 348 g/mol. The van der Waals surface area contributed by atoms with Gasteiger partial charge >= 0.3 is 0 Å². The number of rotatable bonds is 8. The zero-order valence-corrected chi connectivity index (χ0v) is 15.4. The van der Waals surface area contributed by atoms with Crippen molar-refractivity contribution in [3.63, 3.8) is 0 Å². The fourth-order valence-electron chi connectivity index (χ4n) is 2.54. The molecule has 6 nitrogen and oxygen atoms in total. The van der Waals surface area contributed by atoms with Crippen molar-refractivity contribution in [2.75, 3.05) is 30.6 Å². The molecule has 2 rings (SSSR count). The molecule has 0 amide bonds. The topological polar surface area (TPSA) is 60.2 Å². The van der Waals surface area contributed by atoms with E-state index in [0.717, 1.165) is 17.1 Å². The Kier molecular flexibility index (Phi) is 6.14. The molecule has 0 saturated carbocycles. The maximum absolute atomic E-state index is 11.5. The summed E-state index contributed by atoms with van der Waals surface area (Å²) < 4.78 is 18.7. The fourth-order valence-corrected chi connectivity index (χ4v) is 3.44. The first-order chi connectivity index (χ1) is 11.5. The lowest BCUT2D eigenvalue weighted by Gasteiger charge is -2.28. The van der Waals surface area contributed by atoms with E-state index in [1.54, 1.807) is 30.4 Å². The summed E-state index contributed by atoms with van der Waals surface area (Å²) in [6.45, 7) is 8.99. The van der Waals surface area contributed by atoms with Crippen LogP contribution in [-0.4, -0.2) is 44.6 Å². The van der Waals surface area contributed by atoms with Gasteiger partial charge in [-0.2, -0.15) is 0 Å². The number of methoxy groups -OCH3 is 1. The summed E-state index contributed by atoms with van der Waals surface area (Å²) in [4.78, 5) is 6.17. The Morgan fingerprint density at radius 1 is 1.54 bits per heavy atom. The minimum Gasteiger partial charge on any atom is -0.478 e. The van der Waals surface area contributed by atoms with Crippen LogP contribution in [0.3, 0.4) is 0 Å². The van der Waals surface area contributed by atoms with Crippen LogP contribution in [0, 0.1) is 5.92 Å². The molecule has 0 fully saturated rings. The van der Waals surface area contributed by atoms with Crippen LogP contribution in [0.15, 0.2) is 43.0 Å². The summed E-state index contributed by atoms with van der Waals surface area (Å²) in [5.41, 5.74) is 2.59. The highest BCUT2D eigenvalue weighted by Crippen LogP contribution is 2.32. The van der Waals surface area contributed by atoms with Gasteiger partial charge in [0.15, 0.2) is 0 Å². The van der Waals surface area contributed by atoms with Crippen LogP contribution in [0.2, 0.25) is 0 Å². The van der Waals surface area contributed by atoms with Crippen LogP contribution in [0.25, 0.3) is 5.69 Å². The van der Waals surface area contributed by atoms with Gasteiger partial charge in [-0.25, -0.2) is 4.68 Å². The van der Waals surface area contributed by atoms with E-state index < -0.39 is 10.8 Å². The van der Waals surface area contributed by atoms with E-state index in [0.29, 0.717) is 18.2 Å². The molecule has 0 radical (unpaired) electrons. The zero-order valence-electron chi connectivity index (χ0n) is 14.6. The monoisotopic (exact) mass is 348 g/mol. The Morgan fingerprint density at radius 3 is 2.83 bits per heavy atom. The third kappa shape index (κ3) is 4.03. The second kappa shape index (κ2) is 8.10. The molecule has 0 bridgehead atoms. The molecule has 2 heterocycles. The van der Waals surface area contributed by atoms with E-state index in [4.69, 9.17) is 4.74 Å². The van der Waals surface area contributed by atoms with E-state index >= 15 is 0 Å². The van der Waals surface area contributed by atoms with Crippen molar-refractivity contribution >= 4 is 16.5 Å². The van der Waals surface area contributed by atoms with Crippen molar-refractivity contribution < 1.29 is 8.95 Å². The first-order valence-corrected chi connectivity index (χ1v) is 9.51. The first kappa shape index (κ1) is 18.2. The number of anilines is 1. The molecule has 0 aromatic carbocycles. The van der Waals surface area contributed by atoms with Gasteiger partial charge in [0.25, 0.3) is 5.88 Å². The molecular formula is C17H24N4O2S. The predicted molar refractivity (Wildman–Crippen MR) is 98.2 cm³/mol. The Morgan fingerprint density at radius 2 is 2.29 bits per heavy atom. The largest absolute Gasteiger partial charge is 0.478 e. The first-order valence-electron chi connectivity index (χ1n) is 7.78. The third-order valence-corrected chi connectivity index (χ3v) is 4.74. The number of ether oxygens (including phenoxy) is 1. The molecule has 0 spiro atoms. The highest BCUT2D eigenvalue weighted by atomic mass is 32.2. The van der Waals surface area contributed by atoms with Crippen molar-refractivity contribution in [2.45, 2.75) is 13.8 Å². The van der Waals surface area contributed by atoms with Crippen molar-refractivity contribution in [1.82, 2.24) is 14.8 Å². The molecule has 0 aliphatic carbocycles. The van der Waals surface area contributed by atoms with Crippen molar-refractivity contribution in [3.05, 3.63) is 43.0 Å². The van der Waals surface area contributed by atoms with Crippen LogP contribution in [0.5, 0.6) is 5.88 Å². The standard InChI is InChI=1S/C17H24N4O2S/c1-6-20(14(3)13(2)12-24(5)22)16-11-21(19-17(16)23-4)15-8-7-9-18-10-15/h7-11,13H,3,6,12H2,1-2,4-5H3. The average Bonchev–Trinajstić information content (AvgIpc) is 2.99. The maximum Gasteiger partial charge on any atom is 0.257 e. The molecule has 130 valence electrons. The van der Waals surface area contributed by atoms with Crippen molar-refractivity contribution in [2.24, 2.45) is 5.92 Å². The summed E-state index contributed by atoms with van der Waals surface area (Å²) in [6.07, 6.45) is 7.07. The maximum atomic E-state index is 11.5. The molecule has 0 saturated heterocycles. The van der Waals surface area contributed by atoms with Crippen LogP contribution >= 0.6 is 0 Å². The fraction of sp³-hybridized carbons (Fsp3) is 0.412. The van der Waals surface area contributed by atoms with E-state index in [1.807, 2.05) is 32.2 Å². The molecule has 2 unspecified atom stereocenters. The molecule has 2 atom stereocenters. The highest BCUT2D eigenvalue weighted by molar-refractivity contribution is 7.84. The van der Waals surface area contributed by atoms with Crippen LogP contribution in [-0.2, 0) is 10.8 Å². The second-order valence-electron chi connectivity index (χ2n) is 5.56.